The molecular formula is C24H34FIN4O. The van der Waals surface area contributed by atoms with Gasteiger partial charge in [-0.05, 0) is 49.4 Å². The number of nitrogens with zero attached hydrogens (tertiary/aromatic N) is 1. The number of guanidine groups is 1. The van der Waals surface area contributed by atoms with Crippen molar-refractivity contribution in [3.63, 3.8) is 0 Å². The Labute approximate surface area is 202 Å². The van der Waals surface area contributed by atoms with Crippen LogP contribution < -0.4 is 16.0 Å². The van der Waals surface area contributed by atoms with Gasteiger partial charge in [-0.3, -0.25) is 4.99 Å². The molecule has 1 aliphatic rings. The zero-order valence-corrected chi connectivity index (χ0v) is 20.7. The number of hydrogen-bond donors (Lipinski definition) is 3. The molecule has 1 unspecified atom stereocenters. The summed E-state index contributed by atoms with van der Waals surface area (Å²) in [6, 6.07) is 17.4. The predicted molar refractivity (Wildman–Crippen MR) is 136 cm³/mol. The largest absolute Gasteiger partial charge is 0.381 e. The Hall–Kier alpha value is -1.71. The van der Waals surface area contributed by atoms with Gasteiger partial charge in [-0.1, -0.05) is 42.5 Å². The lowest BCUT2D eigenvalue weighted by Gasteiger charge is -2.41. The molecule has 1 heterocycles. The summed E-state index contributed by atoms with van der Waals surface area (Å²) < 4.78 is 18.7. The van der Waals surface area contributed by atoms with Crippen molar-refractivity contribution in [1.29, 1.82) is 0 Å². The lowest BCUT2D eigenvalue weighted by Crippen LogP contribution is -2.58. The van der Waals surface area contributed by atoms with Gasteiger partial charge in [0.15, 0.2) is 5.96 Å². The Morgan fingerprint density at radius 3 is 2.39 bits per heavy atom. The van der Waals surface area contributed by atoms with Crippen molar-refractivity contribution in [3.8, 4) is 0 Å². The van der Waals surface area contributed by atoms with Crippen LogP contribution in [0, 0.1) is 5.82 Å². The normalized spacial score (nSPS) is 16.8. The maximum Gasteiger partial charge on any atom is 0.191 e. The standard InChI is InChI=1S/C24H33FN4O.HI/c1-19(21-6-4-3-5-7-21)29-24(13-16-30-17-14-24)18-28-23(26-2)27-15-12-20-8-10-22(25)11-9-20;/h3-11,19,29H,12-18H2,1-2H3,(H2,26,27,28);1H. The fourth-order valence-corrected chi connectivity index (χ4v) is 3.87. The van der Waals surface area contributed by atoms with Gasteiger partial charge in [-0.15, -0.1) is 24.0 Å². The van der Waals surface area contributed by atoms with Crippen LogP contribution in [-0.4, -0.2) is 44.8 Å². The van der Waals surface area contributed by atoms with Crippen molar-refractivity contribution < 1.29 is 9.13 Å². The van der Waals surface area contributed by atoms with E-state index >= 15 is 0 Å². The molecule has 1 saturated heterocycles. The van der Waals surface area contributed by atoms with E-state index in [2.05, 4.69) is 52.1 Å². The first-order valence-corrected chi connectivity index (χ1v) is 10.7. The third-order valence-electron chi connectivity index (χ3n) is 5.71. The van der Waals surface area contributed by atoms with Crippen LogP contribution in [-0.2, 0) is 11.2 Å². The fraction of sp³-hybridized carbons (Fsp3) is 0.458. The summed E-state index contributed by atoms with van der Waals surface area (Å²) in [5.74, 6) is 0.570. The SMILES string of the molecule is CN=C(NCCc1ccc(F)cc1)NCC1(NC(C)c2ccccc2)CCOCC1.I. The van der Waals surface area contributed by atoms with Crippen molar-refractivity contribution >= 4 is 29.9 Å². The molecular weight excluding hydrogens is 506 g/mol. The maximum atomic E-state index is 13.0. The quantitative estimate of drug-likeness (QED) is 0.269. The molecule has 0 saturated carbocycles. The van der Waals surface area contributed by atoms with Gasteiger partial charge in [0, 0.05) is 44.9 Å². The van der Waals surface area contributed by atoms with Gasteiger partial charge in [-0.25, -0.2) is 4.39 Å². The van der Waals surface area contributed by atoms with E-state index in [-0.39, 0.29) is 41.4 Å². The minimum atomic E-state index is -0.205. The number of aliphatic imine (C=N–C) groups is 1. The first-order chi connectivity index (χ1) is 14.6. The van der Waals surface area contributed by atoms with E-state index in [4.69, 9.17) is 4.74 Å². The predicted octanol–water partition coefficient (Wildman–Crippen LogP) is 4.05. The van der Waals surface area contributed by atoms with Crippen LogP contribution in [0.5, 0.6) is 0 Å². The minimum Gasteiger partial charge on any atom is -0.381 e. The molecule has 0 amide bonds. The highest BCUT2D eigenvalue weighted by Gasteiger charge is 2.34. The molecule has 3 N–H and O–H groups in total. The second kappa shape index (κ2) is 13.0. The summed E-state index contributed by atoms with van der Waals surface area (Å²) in [6.07, 6.45) is 2.71. The molecule has 5 nitrogen and oxygen atoms in total. The highest BCUT2D eigenvalue weighted by Crippen LogP contribution is 2.25. The number of ether oxygens (including phenoxy) is 1. The van der Waals surface area contributed by atoms with E-state index in [1.54, 1.807) is 7.05 Å². The number of rotatable bonds is 8. The van der Waals surface area contributed by atoms with Gasteiger partial charge in [-0.2, -0.15) is 0 Å². The average molecular weight is 540 g/mol. The summed E-state index contributed by atoms with van der Waals surface area (Å²) in [6.45, 7) is 5.22. The van der Waals surface area contributed by atoms with Crippen LogP contribution in [0.4, 0.5) is 4.39 Å². The Balaban J connectivity index is 0.00000341. The van der Waals surface area contributed by atoms with Gasteiger partial charge < -0.3 is 20.7 Å². The smallest absolute Gasteiger partial charge is 0.191 e. The van der Waals surface area contributed by atoms with Gasteiger partial charge >= 0.3 is 0 Å². The minimum absolute atomic E-state index is 0. The lowest BCUT2D eigenvalue weighted by atomic mass is 9.88. The molecule has 170 valence electrons. The molecule has 7 heteroatoms. The highest BCUT2D eigenvalue weighted by atomic mass is 127. The van der Waals surface area contributed by atoms with E-state index in [1.807, 2.05) is 18.2 Å². The molecule has 3 rings (SSSR count). The molecule has 2 aromatic rings. The van der Waals surface area contributed by atoms with Crippen molar-refractivity contribution in [1.82, 2.24) is 16.0 Å². The monoisotopic (exact) mass is 540 g/mol. The van der Waals surface area contributed by atoms with Crippen LogP contribution in [0.25, 0.3) is 0 Å². The molecule has 0 aliphatic carbocycles. The first kappa shape index (κ1) is 25.5. The van der Waals surface area contributed by atoms with E-state index in [0.29, 0.717) is 0 Å². The molecule has 31 heavy (non-hydrogen) atoms. The summed E-state index contributed by atoms with van der Waals surface area (Å²) in [5, 5.41) is 10.7. The third kappa shape index (κ3) is 8.05. The Morgan fingerprint density at radius 1 is 1.06 bits per heavy atom. The second-order valence-electron chi connectivity index (χ2n) is 7.90. The number of hydrogen-bond acceptors (Lipinski definition) is 3. The van der Waals surface area contributed by atoms with Crippen LogP contribution >= 0.6 is 24.0 Å². The lowest BCUT2D eigenvalue weighted by molar-refractivity contribution is 0.0355. The zero-order chi connectivity index (χ0) is 21.2. The van der Waals surface area contributed by atoms with E-state index in [1.165, 1.54) is 17.7 Å². The zero-order valence-electron chi connectivity index (χ0n) is 18.4. The molecule has 1 fully saturated rings. The van der Waals surface area contributed by atoms with Crippen LogP contribution in [0.1, 0.15) is 36.9 Å². The van der Waals surface area contributed by atoms with Crippen molar-refractivity contribution in [2.45, 2.75) is 37.8 Å². The molecule has 1 atom stereocenters. The van der Waals surface area contributed by atoms with Crippen molar-refractivity contribution in [2.24, 2.45) is 4.99 Å². The van der Waals surface area contributed by atoms with Gasteiger partial charge in [0.05, 0.1) is 0 Å². The van der Waals surface area contributed by atoms with Gasteiger partial charge in [0.2, 0.25) is 0 Å². The molecule has 0 spiro atoms. The van der Waals surface area contributed by atoms with E-state index in [0.717, 1.165) is 57.1 Å². The Morgan fingerprint density at radius 2 is 1.74 bits per heavy atom. The maximum absolute atomic E-state index is 13.0. The van der Waals surface area contributed by atoms with E-state index in [9.17, 15) is 4.39 Å². The summed E-state index contributed by atoms with van der Waals surface area (Å²) in [4.78, 5) is 4.36. The summed E-state index contributed by atoms with van der Waals surface area (Å²) in [7, 11) is 1.78. The number of benzene rings is 2. The molecule has 0 radical (unpaired) electrons. The molecule has 1 aliphatic heterocycles. The van der Waals surface area contributed by atoms with E-state index < -0.39 is 0 Å². The van der Waals surface area contributed by atoms with Gasteiger partial charge in [0.25, 0.3) is 0 Å². The highest BCUT2D eigenvalue weighted by molar-refractivity contribution is 14.0. The number of halogens is 2. The Kier molecular flexibility index (Phi) is 10.7. The average Bonchev–Trinajstić information content (AvgIpc) is 2.78. The summed E-state index contributed by atoms with van der Waals surface area (Å²) in [5.41, 5.74) is 2.33. The van der Waals surface area contributed by atoms with Crippen LogP contribution in [0.2, 0.25) is 0 Å². The topological polar surface area (TPSA) is 57.7 Å². The Bertz CT molecular complexity index is 795. The summed E-state index contributed by atoms with van der Waals surface area (Å²) >= 11 is 0. The first-order valence-electron chi connectivity index (χ1n) is 10.7. The van der Waals surface area contributed by atoms with Crippen LogP contribution in [0.3, 0.4) is 0 Å². The second-order valence-corrected chi connectivity index (χ2v) is 7.90. The van der Waals surface area contributed by atoms with Crippen molar-refractivity contribution in [2.75, 3.05) is 33.4 Å². The third-order valence-corrected chi connectivity index (χ3v) is 5.71. The fourth-order valence-electron chi connectivity index (χ4n) is 3.87. The van der Waals surface area contributed by atoms with Crippen molar-refractivity contribution in [3.05, 3.63) is 71.5 Å². The molecule has 0 aromatic heterocycles. The molecule has 0 bridgehead atoms. The van der Waals surface area contributed by atoms with Gasteiger partial charge in [0.1, 0.15) is 5.82 Å². The molecule has 2 aromatic carbocycles. The van der Waals surface area contributed by atoms with Crippen LogP contribution in [0.15, 0.2) is 59.6 Å². The number of nitrogens with one attached hydrogen (secondary N) is 3.